The largest absolute Gasteiger partial charge is 0.469 e. The Morgan fingerprint density at radius 3 is 1.65 bits per heavy atom. The SMILES string of the molecule is CC(C)(CCCO)CCCCOCCCCC(C)(C)CCOP(=O)(O)O. The van der Waals surface area contributed by atoms with E-state index in [0.29, 0.717) is 11.8 Å². The van der Waals surface area contributed by atoms with E-state index in [-0.39, 0.29) is 18.6 Å². The van der Waals surface area contributed by atoms with Gasteiger partial charge in [0.1, 0.15) is 0 Å². The zero-order chi connectivity index (χ0) is 20.1. The standard InChI is InChI=1S/C19H41O6P/c1-18(2,12-9-14-20)10-5-7-15-24-16-8-6-11-19(3,4)13-17-25-26(21,22)23/h20H,5-17H2,1-4H3,(H2,21,22,23). The second-order valence-electron chi connectivity index (χ2n) is 8.76. The zero-order valence-electron chi connectivity index (χ0n) is 17.2. The Labute approximate surface area is 159 Å². The molecule has 0 aromatic carbocycles. The first-order valence-corrected chi connectivity index (χ1v) is 11.4. The van der Waals surface area contributed by atoms with Crippen LogP contribution in [0.2, 0.25) is 0 Å². The second-order valence-corrected chi connectivity index (χ2v) is 10.00. The Balaban J connectivity index is 3.56. The van der Waals surface area contributed by atoms with Crippen LogP contribution < -0.4 is 0 Å². The van der Waals surface area contributed by atoms with Crippen molar-refractivity contribution in [2.45, 2.75) is 85.5 Å². The molecule has 0 atom stereocenters. The van der Waals surface area contributed by atoms with Crippen LogP contribution in [0.1, 0.15) is 85.5 Å². The summed E-state index contributed by atoms with van der Waals surface area (Å²) in [4.78, 5) is 17.4. The summed E-state index contributed by atoms with van der Waals surface area (Å²) in [6.07, 6.45) is 9.01. The highest BCUT2D eigenvalue weighted by Gasteiger charge is 2.20. The van der Waals surface area contributed by atoms with Gasteiger partial charge in [0.25, 0.3) is 0 Å². The molecule has 0 bridgehead atoms. The molecule has 26 heavy (non-hydrogen) atoms. The molecule has 0 rings (SSSR count). The summed E-state index contributed by atoms with van der Waals surface area (Å²) in [5.74, 6) is 0. The quantitative estimate of drug-likeness (QED) is 0.244. The van der Waals surface area contributed by atoms with Crippen molar-refractivity contribution in [1.29, 1.82) is 0 Å². The van der Waals surface area contributed by atoms with E-state index in [1.165, 1.54) is 6.42 Å². The molecule has 0 fully saturated rings. The summed E-state index contributed by atoms with van der Waals surface area (Å²) < 4.78 is 20.9. The van der Waals surface area contributed by atoms with Crippen LogP contribution in [0.15, 0.2) is 0 Å². The van der Waals surface area contributed by atoms with E-state index in [0.717, 1.165) is 58.2 Å². The van der Waals surface area contributed by atoms with E-state index in [1.807, 2.05) is 0 Å². The Bertz CT molecular complexity index is 391. The van der Waals surface area contributed by atoms with Crippen LogP contribution in [0.3, 0.4) is 0 Å². The van der Waals surface area contributed by atoms with E-state index in [9.17, 15) is 4.57 Å². The molecule has 3 N–H and O–H groups in total. The third-order valence-corrected chi connectivity index (χ3v) is 5.35. The molecule has 0 radical (unpaired) electrons. The molecule has 0 aliphatic rings. The van der Waals surface area contributed by atoms with Gasteiger partial charge in [0.2, 0.25) is 0 Å². The molecule has 0 amide bonds. The van der Waals surface area contributed by atoms with Crippen molar-refractivity contribution in [3.8, 4) is 0 Å². The van der Waals surface area contributed by atoms with Gasteiger partial charge in [0, 0.05) is 19.8 Å². The minimum absolute atomic E-state index is 0.00925. The minimum atomic E-state index is -4.35. The van der Waals surface area contributed by atoms with Gasteiger partial charge in [-0.25, -0.2) is 4.57 Å². The maximum Gasteiger partial charge on any atom is 0.469 e. The normalized spacial score (nSPS) is 13.3. The zero-order valence-corrected chi connectivity index (χ0v) is 18.1. The van der Waals surface area contributed by atoms with Gasteiger partial charge in [-0.05, 0) is 55.8 Å². The first-order valence-electron chi connectivity index (χ1n) is 9.86. The van der Waals surface area contributed by atoms with Crippen molar-refractivity contribution >= 4 is 7.82 Å². The van der Waals surface area contributed by atoms with Crippen LogP contribution in [0.4, 0.5) is 0 Å². The third kappa shape index (κ3) is 17.4. The van der Waals surface area contributed by atoms with Crippen LogP contribution in [-0.4, -0.2) is 41.3 Å². The van der Waals surface area contributed by atoms with Gasteiger partial charge in [0.05, 0.1) is 6.61 Å². The number of aliphatic hydroxyl groups is 1. The number of phosphoric acid groups is 1. The van der Waals surface area contributed by atoms with Gasteiger partial charge in [0.15, 0.2) is 0 Å². The van der Waals surface area contributed by atoms with Crippen LogP contribution in [0, 0.1) is 10.8 Å². The van der Waals surface area contributed by atoms with Crippen LogP contribution >= 0.6 is 7.82 Å². The lowest BCUT2D eigenvalue weighted by molar-refractivity contribution is 0.117. The van der Waals surface area contributed by atoms with Crippen molar-refractivity contribution in [2.75, 3.05) is 26.4 Å². The molecular weight excluding hydrogens is 355 g/mol. The molecule has 158 valence electrons. The molecule has 0 aromatic heterocycles. The molecule has 0 saturated heterocycles. The first kappa shape index (κ1) is 26.0. The van der Waals surface area contributed by atoms with Gasteiger partial charge >= 0.3 is 7.82 Å². The van der Waals surface area contributed by atoms with Gasteiger partial charge < -0.3 is 19.6 Å². The van der Waals surface area contributed by atoms with E-state index in [1.54, 1.807) is 0 Å². The average molecular weight is 397 g/mol. The fraction of sp³-hybridized carbons (Fsp3) is 1.00. The summed E-state index contributed by atoms with van der Waals surface area (Å²) in [5.41, 5.74) is 0.313. The Morgan fingerprint density at radius 2 is 1.19 bits per heavy atom. The lowest BCUT2D eigenvalue weighted by Crippen LogP contribution is -2.14. The predicted molar refractivity (Wildman–Crippen MR) is 105 cm³/mol. The third-order valence-electron chi connectivity index (χ3n) is 4.83. The molecule has 0 aliphatic carbocycles. The molecule has 7 heteroatoms. The summed E-state index contributed by atoms with van der Waals surface area (Å²) in [7, 11) is -4.35. The second kappa shape index (κ2) is 13.2. The number of unbranched alkanes of at least 4 members (excludes halogenated alkanes) is 2. The highest BCUT2D eigenvalue weighted by atomic mass is 31.2. The number of phosphoric ester groups is 1. The van der Waals surface area contributed by atoms with Crippen LogP contribution in [-0.2, 0) is 13.8 Å². The molecule has 0 aromatic rings. The molecule has 0 unspecified atom stereocenters. The smallest absolute Gasteiger partial charge is 0.396 e. The number of ether oxygens (including phenoxy) is 1. The van der Waals surface area contributed by atoms with E-state index in [2.05, 4.69) is 32.2 Å². The van der Waals surface area contributed by atoms with Gasteiger partial charge in [-0.3, -0.25) is 4.52 Å². The average Bonchev–Trinajstić information content (AvgIpc) is 2.49. The highest BCUT2D eigenvalue weighted by Crippen LogP contribution is 2.37. The first-order chi connectivity index (χ1) is 12.0. The number of hydrogen-bond donors (Lipinski definition) is 3. The molecule has 6 nitrogen and oxygen atoms in total. The highest BCUT2D eigenvalue weighted by molar-refractivity contribution is 7.46. The number of aliphatic hydroxyl groups excluding tert-OH is 1. The molecular formula is C19H41O6P. The van der Waals surface area contributed by atoms with E-state index in [4.69, 9.17) is 19.6 Å². The monoisotopic (exact) mass is 396 g/mol. The molecule has 0 heterocycles. The number of rotatable bonds is 17. The summed E-state index contributed by atoms with van der Waals surface area (Å²) in [6.45, 7) is 10.6. The van der Waals surface area contributed by atoms with E-state index >= 15 is 0 Å². The maximum atomic E-state index is 10.7. The fourth-order valence-electron chi connectivity index (χ4n) is 2.97. The molecule has 0 saturated carbocycles. The van der Waals surface area contributed by atoms with Crippen molar-refractivity contribution in [1.82, 2.24) is 0 Å². The van der Waals surface area contributed by atoms with Crippen molar-refractivity contribution in [3.63, 3.8) is 0 Å². The number of hydrogen-bond acceptors (Lipinski definition) is 4. The fourth-order valence-corrected chi connectivity index (χ4v) is 3.30. The van der Waals surface area contributed by atoms with Gasteiger partial charge in [-0.1, -0.05) is 40.5 Å². The maximum absolute atomic E-state index is 10.7. The topological polar surface area (TPSA) is 96.2 Å². The van der Waals surface area contributed by atoms with Crippen molar-refractivity contribution < 1.29 is 28.7 Å². The summed E-state index contributed by atoms with van der Waals surface area (Å²) in [6, 6.07) is 0. The van der Waals surface area contributed by atoms with Crippen LogP contribution in [0.25, 0.3) is 0 Å². The lowest BCUT2D eigenvalue weighted by atomic mass is 9.83. The van der Waals surface area contributed by atoms with E-state index < -0.39 is 7.82 Å². The van der Waals surface area contributed by atoms with Crippen molar-refractivity contribution in [2.24, 2.45) is 10.8 Å². The lowest BCUT2D eigenvalue weighted by Gasteiger charge is -2.24. The summed E-state index contributed by atoms with van der Waals surface area (Å²) >= 11 is 0. The Hall–Kier alpha value is 0.0300. The van der Waals surface area contributed by atoms with Crippen LogP contribution in [0.5, 0.6) is 0 Å². The van der Waals surface area contributed by atoms with Gasteiger partial charge in [-0.2, -0.15) is 0 Å². The Morgan fingerprint density at radius 1 is 0.731 bits per heavy atom. The van der Waals surface area contributed by atoms with Gasteiger partial charge in [-0.15, -0.1) is 0 Å². The molecule has 0 spiro atoms. The molecule has 0 aliphatic heterocycles. The Kier molecular flexibility index (Phi) is 13.3. The summed E-state index contributed by atoms with van der Waals surface area (Å²) in [5, 5.41) is 8.91. The minimum Gasteiger partial charge on any atom is -0.396 e. The predicted octanol–water partition coefficient (Wildman–Crippen LogP) is 4.67. The van der Waals surface area contributed by atoms with Crippen molar-refractivity contribution in [3.05, 3.63) is 0 Å².